The summed E-state index contributed by atoms with van der Waals surface area (Å²) in [7, 11) is 3.92. The number of hydrogen-bond acceptors (Lipinski definition) is 4. The molecule has 1 aromatic heterocycles. The Bertz CT molecular complexity index is 519. The molecule has 1 heterocycles. The fraction of sp³-hybridized carbons (Fsp3) is 0.250. The summed E-state index contributed by atoms with van der Waals surface area (Å²) >= 11 is 0. The molecule has 0 aliphatic carbocycles. The molecule has 5 heteroatoms. The molecule has 0 unspecified atom stereocenters. The Morgan fingerprint density at radius 3 is 2.76 bits per heavy atom. The molecule has 0 atom stereocenters. The SMILES string of the molecule is CN(C)Cc1cc(-c2cnc(N)[nH]2)ccc1O. The zero-order valence-electron chi connectivity index (χ0n) is 9.94. The molecular formula is C12H16N4O. The minimum Gasteiger partial charge on any atom is -0.508 e. The second-order valence-electron chi connectivity index (χ2n) is 4.26. The van der Waals surface area contributed by atoms with E-state index in [1.807, 2.05) is 31.1 Å². The number of aromatic hydroxyl groups is 1. The summed E-state index contributed by atoms with van der Waals surface area (Å²) in [5.41, 5.74) is 8.23. The van der Waals surface area contributed by atoms with Crippen LogP contribution >= 0.6 is 0 Å². The third kappa shape index (κ3) is 2.57. The van der Waals surface area contributed by atoms with Gasteiger partial charge in [-0.2, -0.15) is 0 Å². The predicted octanol–water partition coefficient (Wildman–Crippen LogP) is 1.43. The van der Waals surface area contributed by atoms with Gasteiger partial charge in [-0.25, -0.2) is 4.98 Å². The summed E-state index contributed by atoms with van der Waals surface area (Å²) in [5.74, 6) is 0.692. The molecule has 0 bridgehead atoms. The lowest BCUT2D eigenvalue weighted by Gasteiger charge is -2.12. The van der Waals surface area contributed by atoms with Crippen molar-refractivity contribution in [3.63, 3.8) is 0 Å². The first-order valence-corrected chi connectivity index (χ1v) is 5.34. The number of anilines is 1. The van der Waals surface area contributed by atoms with Crippen LogP contribution in [0.4, 0.5) is 5.95 Å². The lowest BCUT2D eigenvalue weighted by molar-refractivity contribution is 0.386. The molecule has 2 aromatic rings. The molecule has 0 fully saturated rings. The number of H-pyrrole nitrogens is 1. The fourth-order valence-corrected chi connectivity index (χ4v) is 1.70. The zero-order chi connectivity index (χ0) is 12.4. The van der Waals surface area contributed by atoms with Gasteiger partial charge < -0.3 is 20.7 Å². The topological polar surface area (TPSA) is 78.2 Å². The van der Waals surface area contributed by atoms with Crippen molar-refractivity contribution in [3.05, 3.63) is 30.0 Å². The van der Waals surface area contributed by atoms with Gasteiger partial charge in [0, 0.05) is 17.7 Å². The maximum atomic E-state index is 9.76. The summed E-state index contributed by atoms with van der Waals surface area (Å²) in [4.78, 5) is 8.92. The van der Waals surface area contributed by atoms with Gasteiger partial charge in [0.2, 0.25) is 0 Å². The summed E-state index contributed by atoms with van der Waals surface area (Å²) in [6.07, 6.45) is 1.68. The second-order valence-corrected chi connectivity index (χ2v) is 4.26. The Morgan fingerprint density at radius 2 is 2.18 bits per heavy atom. The fourth-order valence-electron chi connectivity index (χ4n) is 1.70. The maximum absolute atomic E-state index is 9.76. The first-order chi connectivity index (χ1) is 8.06. The molecular weight excluding hydrogens is 216 g/mol. The first-order valence-electron chi connectivity index (χ1n) is 5.34. The molecule has 0 saturated heterocycles. The number of benzene rings is 1. The highest BCUT2D eigenvalue weighted by Gasteiger charge is 2.07. The third-order valence-electron chi connectivity index (χ3n) is 2.47. The van der Waals surface area contributed by atoms with Crippen LogP contribution in [0.15, 0.2) is 24.4 Å². The number of nitrogens with one attached hydrogen (secondary N) is 1. The Kier molecular flexibility index (Phi) is 3.01. The minimum absolute atomic E-state index is 0.301. The molecule has 5 nitrogen and oxygen atoms in total. The van der Waals surface area contributed by atoms with Crippen molar-refractivity contribution in [2.45, 2.75) is 6.54 Å². The van der Waals surface area contributed by atoms with E-state index < -0.39 is 0 Å². The van der Waals surface area contributed by atoms with Crippen molar-refractivity contribution < 1.29 is 5.11 Å². The number of phenolic OH excluding ortho intramolecular Hbond substituents is 1. The van der Waals surface area contributed by atoms with Crippen LogP contribution in [-0.2, 0) is 6.54 Å². The van der Waals surface area contributed by atoms with E-state index in [-0.39, 0.29) is 0 Å². The van der Waals surface area contributed by atoms with Gasteiger partial charge in [0.05, 0.1) is 11.9 Å². The van der Waals surface area contributed by atoms with Crippen LogP contribution < -0.4 is 5.73 Å². The number of aromatic nitrogens is 2. The van der Waals surface area contributed by atoms with Gasteiger partial charge in [-0.05, 0) is 32.3 Å². The van der Waals surface area contributed by atoms with E-state index in [1.165, 1.54) is 0 Å². The van der Waals surface area contributed by atoms with Crippen LogP contribution in [0.25, 0.3) is 11.3 Å². The van der Waals surface area contributed by atoms with Gasteiger partial charge in [-0.3, -0.25) is 0 Å². The zero-order valence-corrected chi connectivity index (χ0v) is 9.94. The maximum Gasteiger partial charge on any atom is 0.197 e. The summed E-state index contributed by atoms with van der Waals surface area (Å²) in [6, 6.07) is 5.45. The molecule has 1 aromatic carbocycles. The van der Waals surface area contributed by atoms with Crippen LogP contribution in [0.2, 0.25) is 0 Å². The molecule has 0 spiro atoms. The van der Waals surface area contributed by atoms with Crippen molar-refractivity contribution in [1.82, 2.24) is 14.9 Å². The predicted molar refractivity (Wildman–Crippen MR) is 67.5 cm³/mol. The van der Waals surface area contributed by atoms with E-state index in [9.17, 15) is 5.11 Å². The molecule has 0 aliphatic heterocycles. The van der Waals surface area contributed by atoms with Crippen LogP contribution in [0.3, 0.4) is 0 Å². The van der Waals surface area contributed by atoms with E-state index >= 15 is 0 Å². The Balaban J connectivity index is 2.36. The molecule has 0 aliphatic rings. The Hall–Kier alpha value is -2.01. The summed E-state index contributed by atoms with van der Waals surface area (Å²) in [6.45, 7) is 0.684. The number of phenols is 1. The van der Waals surface area contributed by atoms with Gasteiger partial charge >= 0.3 is 0 Å². The minimum atomic E-state index is 0.301. The van der Waals surface area contributed by atoms with Gasteiger partial charge in [0.25, 0.3) is 0 Å². The average molecular weight is 232 g/mol. The highest BCUT2D eigenvalue weighted by molar-refractivity contribution is 5.62. The quantitative estimate of drug-likeness (QED) is 0.748. The highest BCUT2D eigenvalue weighted by Crippen LogP contribution is 2.25. The lowest BCUT2D eigenvalue weighted by Crippen LogP contribution is -2.10. The number of rotatable bonds is 3. The largest absolute Gasteiger partial charge is 0.508 e. The number of hydrogen-bond donors (Lipinski definition) is 3. The van der Waals surface area contributed by atoms with E-state index in [0.717, 1.165) is 16.8 Å². The highest BCUT2D eigenvalue weighted by atomic mass is 16.3. The molecule has 2 rings (SSSR count). The molecule has 0 saturated carbocycles. The monoisotopic (exact) mass is 232 g/mol. The second kappa shape index (κ2) is 4.47. The summed E-state index contributed by atoms with van der Waals surface area (Å²) < 4.78 is 0. The van der Waals surface area contributed by atoms with Gasteiger partial charge in [-0.15, -0.1) is 0 Å². The molecule has 4 N–H and O–H groups in total. The lowest BCUT2D eigenvalue weighted by atomic mass is 10.1. The van der Waals surface area contributed by atoms with Gasteiger partial charge in [0.15, 0.2) is 5.95 Å². The smallest absolute Gasteiger partial charge is 0.197 e. The van der Waals surface area contributed by atoms with E-state index in [4.69, 9.17) is 5.73 Å². The van der Waals surface area contributed by atoms with Crippen molar-refractivity contribution in [3.8, 4) is 17.0 Å². The third-order valence-corrected chi connectivity index (χ3v) is 2.47. The number of nitrogens with two attached hydrogens (primary N) is 1. The van der Waals surface area contributed by atoms with Crippen LogP contribution in [-0.4, -0.2) is 34.1 Å². The van der Waals surface area contributed by atoms with Crippen molar-refractivity contribution in [2.24, 2.45) is 0 Å². The molecule has 90 valence electrons. The average Bonchev–Trinajstić information content (AvgIpc) is 2.67. The van der Waals surface area contributed by atoms with Crippen molar-refractivity contribution in [2.75, 3.05) is 19.8 Å². The number of nitrogens with zero attached hydrogens (tertiary/aromatic N) is 2. The van der Waals surface area contributed by atoms with E-state index in [0.29, 0.717) is 18.2 Å². The number of nitrogen functional groups attached to an aromatic ring is 1. The summed E-state index contributed by atoms with van der Waals surface area (Å²) in [5, 5.41) is 9.76. The van der Waals surface area contributed by atoms with Crippen molar-refractivity contribution in [1.29, 1.82) is 0 Å². The Labute approximate surface area is 99.9 Å². The first kappa shape index (κ1) is 11.5. The molecule has 0 amide bonds. The number of imidazole rings is 1. The normalized spacial score (nSPS) is 11.0. The molecule has 0 radical (unpaired) electrons. The van der Waals surface area contributed by atoms with Crippen LogP contribution in [0.1, 0.15) is 5.56 Å². The van der Waals surface area contributed by atoms with Gasteiger partial charge in [0.1, 0.15) is 5.75 Å². The van der Waals surface area contributed by atoms with E-state index in [1.54, 1.807) is 12.3 Å². The van der Waals surface area contributed by atoms with E-state index in [2.05, 4.69) is 9.97 Å². The van der Waals surface area contributed by atoms with Crippen molar-refractivity contribution >= 4 is 5.95 Å². The number of aromatic amines is 1. The van der Waals surface area contributed by atoms with Gasteiger partial charge in [-0.1, -0.05) is 0 Å². The van der Waals surface area contributed by atoms with Crippen LogP contribution in [0.5, 0.6) is 5.75 Å². The van der Waals surface area contributed by atoms with Crippen LogP contribution in [0, 0.1) is 0 Å². The standard InChI is InChI=1S/C12H16N4O/c1-16(2)7-9-5-8(3-4-11(9)17)10-6-14-12(13)15-10/h3-6,17H,7H2,1-2H3,(H3,13,14,15). The Morgan fingerprint density at radius 1 is 1.41 bits per heavy atom. The molecule has 17 heavy (non-hydrogen) atoms.